The highest BCUT2D eigenvalue weighted by molar-refractivity contribution is 4.88. The molecule has 0 saturated carbocycles. The predicted molar refractivity (Wildman–Crippen MR) is 138 cm³/mol. The number of unbranched alkanes of at least 4 members (excludes halogenated alkanes) is 16. The van der Waals surface area contributed by atoms with Crippen LogP contribution in [0.15, 0.2) is 12.2 Å². The first-order valence-electron chi connectivity index (χ1n) is 14.2. The van der Waals surface area contributed by atoms with Crippen molar-refractivity contribution in [1.82, 2.24) is 0 Å². The third-order valence-electron chi connectivity index (χ3n) is 6.79. The molecule has 1 aliphatic rings. The lowest BCUT2D eigenvalue weighted by molar-refractivity contribution is -0.301. The average molecular weight is 487 g/mol. The van der Waals surface area contributed by atoms with Crippen LogP contribution in [0.25, 0.3) is 0 Å². The van der Waals surface area contributed by atoms with Crippen LogP contribution in [-0.2, 0) is 9.47 Å². The number of allylic oxidation sites excluding steroid dienone is 2. The first-order chi connectivity index (χ1) is 16.6. The summed E-state index contributed by atoms with van der Waals surface area (Å²) in [7, 11) is 0. The third-order valence-corrected chi connectivity index (χ3v) is 6.79. The number of rotatable bonds is 22. The zero-order valence-corrected chi connectivity index (χ0v) is 21.8. The van der Waals surface area contributed by atoms with Crippen LogP contribution < -0.4 is 0 Å². The molecule has 4 N–H and O–H groups in total. The van der Waals surface area contributed by atoms with Crippen molar-refractivity contribution in [3.8, 4) is 0 Å². The van der Waals surface area contributed by atoms with Gasteiger partial charge in [-0.25, -0.2) is 0 Å². The van der Waals surface area contributed by atoms with Crippen molar-refractivity contribution in [3.63, 3.8) is 0 Å². The largest absolute Gasteiger partial charge is 0.394 e. The molecular formula is C28H54O6. The molecule has 34 heavy (non-hydrogen) atoms. The summed E-state index contributed by atoms with van der Waals surface area (Å²) in [6.45, 7) is 2.27. The van der Waals surface area contributed by atoms with Gasteiger partial charge in [0.05, 0.1) is 6.61 Å². The Morgan fingerprint density at radius 3 is 1.59 bits per heavy atom. The average Bonchev–Trinajstić information content (AvgIpc) is 2.84. The molecule has 0 amide bonds. The van der Waals surface area contributed by atoms with E-state index in [1.54, 1.807) is 0 Å². The molecule has 0 aliphatic carbocycles. The predicted octanol–water partition coefficient (Wildman–Crippen LogP) is 5.40. The van der Waals surface area contributed by atoms with E-state index >= 15 is 0 Å². The topological polar surface area (TPSA) is 99.4 Å². The van der Waals surface area contributed by atoms with Gasteiger partial charge in [-0.15, -0.1) is 0 Å². The molecule has 1 saturated heterocycles. The van der Waals surface area contributed by atoms with E-state index in [1.807, 2.05) is 0 Å². The van der Waals surface area contributed by atoms with Gasteiger partial charge in [-0.3, -0.25) is 0 Å². The van der Waals surface area contributed by atoms with Gasteiger partial charge < -0.3 is 29.9 Å². The van der Waals surface area contributed by atoms with Gasteiger partial charge in [-0.1, -0.05) is 103 Å². The zero-order valence-electron chi connectivity index (χ0n) is 21.8. The lowest BCUT2D eigenvalue weighted by Gasteiger charge is -2.39. The normalized spacial score (nSPS) is 25.4. The van der Waals surface area contributed by atoms with E-state index in [-0.39, 0.29) is 0 Å². The SMILES string of the molecule is CCCCCCCC/C=C/CCCCCCCCCCCCOC1O[C@H](CO)[C@@H](O)[C@H](O)[C@H]1O. The van der Waals surface area contributed by atoms with Gasteiger partial charge in [0.1, 0.15) is 24.4 Å². The standard InChI is InChI=1S/C28H54O6/c1-2-3-4-5-6-7-8-9-10-11-12-13-14-15-16-17-18-19-20-21-22-33-28-27(32)26(31)25(30)24(23-29)34-28/h9-10,24-32H,2-8,11-23H2,1H3/b10-9+/t24-,25-,26+,27-,28?/m1/s1. The molecule has 6 heteroatoms. The highest BCUT2D eigenvalue weighted by Gasteiger charge is 2.43. The molecule has 0 spiro atoms. The van der Waals surface area contributed by atoms with Crippen molar-refractivity contribution < 1.29 is 29.9 Å². The van der Waals surface area contributed by atoms with E-state index < -0.39 is 37.3 Å². The van der Waals surface area contributed by atoms with Crippen LogP contribution in [0.3, 0.4) is 0 Å². The van der Waals surface area contributed by atoms with E-state index in [1.165, 1.54) is 103 Å². The van der Waals surface area contributed by atoms with Gasteiger partial charge in [0.15, 0.2) is 6.29 Å². The van der Waals surface area contributed by atoms with E-state index in [0.717, 1.165) is 12.8 Å². The van der Waals surface area contributed by atoms with Gasteiger partial charge in [0.2, 0.25) is 0 Å². The van der Waals surface area contributed by atoms with E-state index in [0.29, 0.717) is 6.61 Å². The fourth-order valence-electron chi connectivity index (χ4n) is 4.46. The maximum Gasteiger partial charge on any atom is 0.186 e. The highest BCUT2D eigenvalue weighted by Crippen LogP contribution is 2.22. The molecule has 1 rings (SSSR count). The molecule has 202 valence electrons. The molecule has 0 aromatic carbocycles. The molecule has 0 radical (unpaired) electrons. The van der Waals surface area contributed by atoms with Gasteiger partial charge in [-0.2, -0.15) is 0 Å². The molecule has 1 heterocycles. The van der Waals surface area contributed by atoms with E-state index in [9.17, 15) is 20.4 Å². The Morgan fingerprint density at radius 2 is 1.09 bits per heavy atom. The summed E-state index contributed by atoms with van der Waals surface area (Å²) in [4.78, 5) is 0. The van der Waals surface area contributed by atoms with Gasteiger partial charge in [0, 0.05) is 6.61 Å². The Labute approximate surface area is 208 Å². The fourth-order valence-corrected chi connectivity index (χ4v) is 4.46. The summed E-state index contributed by atoms with van der Waals surface area (Å²) >= 11 is 0. The first-order valence-corrected chi connectivity index (χ1v) is 14.2. The van der Waals surface area contributed by atoms with Crippen molar-refractivity contribution in [3.05, 3.63) is 12.2 Å². The number of aliphatic hydroxyl groups is 4. The van der Waals surface area contributed by atoms with Crippen LogP contribution >= 0.6 is 0 Å². The maximum absolute atomic E-state index is 9.94. The number of aliphatic hydroxyl groups excluding tert-OH is 4. The second-order valence-corrected chi connectivity index (χ2v) is 9.92. The fraction of sp³-hybridized carbons (Fsp3) is 0.929. The van der Waals surface area contributed by atoms with Crippen LogP contribution in [0.5, 0.6) is 0 Å². The molecule has 1 aliphatic heterocycles. The Bertz CT molecular complexity index is 470. The number of ether oxygens (including phenoxy) is 2. The van der Waals surface area contributed by atoms with Crippen molar-refractivity contribution in [2.75, 3.05) is 13.2 Å². The van der Waals surface area contributed by atoms with Crippen LogP contribution in [-0.4, -0.2) is 64.3 Å². The summed E-state index contributed by atoms with van der Waals surface area (Å²) in [6.07, 6.45) is 21.9. The summed E-state index contributed by atoms with van der Waals surface area (Å²) in [5.41, 5.74) is 0. The molecule has 5 atom stereocenters. The Kier molecular flexibility index (Phi) is 20.2. The second kappa shape index (κ2) is 21.8. The third kappa shape index (κ3) is 14.8. The van der Waals surface area contributed by atoms with E-state index in [4.69, 9.17) is 9.47 Å². The molecule has 6 nitrogen and oxygen atoms in total. The van der Waals surface area contributed by atoms with Crippen LogP contribution in [0, 0.1) is 0 Å². The quantitative estimate of drug-likeness (QED) is 0.121. The zero-order chi connectivity index (χ0) is 24.9. The summed E-state index contributed by atoms with van der Waals surface area (Å²) in [5.74, 6) is 0. The lowest BCUT2D eigenvalue weighted by Crippen LogP contribution is -2.59. The summed E-state index contributed by atoms with van der Waals surface area (Å²) in [6, 6.07) is 0. The van der Waals surface area contributed by atoms with Crippen LogP contribution in [0.2, 0.25) is 0 Å². The Hall–Kier alpha value is -0.500. The summed E-state index contributed by atoms with van der Waals surface area (Å²) in [5, 5.41) is 38.7. The lowest BCUT2D eigenvalue weighted by atomic mass is 9.99. The molecular weight excluding hydrogens is 432 g/mol. The smallest absolute Gasteiger partial charge is 0.186 e. The maximum atomic E-state index is 9.94. The van der Waals surface area contributed by atoms with Gasteiger partial charge in [-0.05, 0) is 32.1 Å². The van der Waals surface area contributed by atoms with Gasteiger partial charge >= 0.3 is 0 Å². The van der Waals surface area contributed by atoms with Crippen LogP contribution in [0.4, 0.5) is 0 Å². The minimum atomic E-state index is -1.37. The monoisotopic (exact) mass is 486 g/mol. The van der Waals surface area contributed by atoms with Crippen molar-refractivity contribution in [2.45, 2.75) is 153 Å². The van der Waals surface area contributed by atoms with Crippen LogP contribution in [0.1, 0.15) is 122 Å². The molecule has 0 aromatic rings. The van der Waals surface area contributed by atoms with E-state index in [2.05, 4.69) is 19.1 Å². The minimum absolute atomic E-state index is 0.427. The van der Waals surface area contributed by atoms with Crippen molar-refractivity contribution in [2.24, 2.45) is 0 Å². The second-order valence-electron chi connectivity index (χ2n) is 9.92. The van der Waals surface area contributed by atoms with Gasteiger partial charge in [0.25, 0.3) is 0 Å². The highest BCUT2D eigenvalue weighted by atomic mass is 16.7. The minimum Gasteiger partial charge on any atom is -0.394 e. The summed E-state index contributed by atoms with van der Waals surface area (Å²) < 4.78 is 10.9. The van der Waals surface area contributed by atoms with Crippen molar-refractivity contribution in [1.29, 1.82) is 0 Å². The first kappa shape index (κ1) is 31.5. The number of hydrogen-bond donors (Lipinski definition) is 4. The number of hydrogen-bond acceptors (Lipinski definition) is 6. The molecule has 0 aromatic heterocycles. The molecule has 1 unspecified atom stereocenters. The van der Waals surface area contributed by atoms with Crippen molar-refractivity contribution >= 4 is 0 Å². The molecule has 1 fully saturated rings. The molecule has 0 bridgehead atoms. The Balaban J connectivity index is 1.82. The Morgan fingerprint density at radius 1 is 0.618 bits per heavy atom.